The van der Waals surface area contributed by atoms with Crippen LogP contribution in [0.5, 0.6) is 0 Å². The Labute approximate surface area is 140 Å². The second-order valence-electron chi connectivity index (χ2n) is 6.32. The van der Waals surface area contributed by atoms with Crippen LogP contribution in [0.3, 0.4) is 0 Å². The lowest BCUT2D eigenvalue weighted by molar-refractivity contribution is 0.373. The van der Waals surface area contributed by atoms with Crippen molar-refractivity contribution in [3.8, 4) is 23.7 Å². The fraction of sp³-hybridized carbons (Fsp3) is 0.273. The quantitative estimate of drug-likeness (QED) is 0.517. The second kappa shape index (κ2) is 7.76. The highest BCUT2D eigenvalue weighted by Crippen LogP contribution is 2.28. The van der Waals surface area contributed by atoms with Gasteiger partial charge in [-0.25, -0.2) is 0 Å². The van der Waals surface area contributed by atoms with E-state index in [1.807, 2.05) is 18.2 Å². The summed E-state index contributed by atoms with van der Waals surface area (Å²) in [5.74, 6) is 14.6. The molecule has 0 aliphatic heterocycles. The maximum absolute atomic E-state index is 3.45. The molecule has 1 heteroatoms. The maximum Gasteiger partial charge on any atom is 0.139 e. The van der Waals surface area contributed by atoms with E-state index in [9.17, 15) is 0 Å². The van der Waals surface area contributed by atoms with Crippen LogP contribution in [0.15, 0.2) is 54.6 Å². The fourth-order valence-electron chi connectivity index (χ4n) is 2.91. The largest absolute Gasteiger partial charge is 0.139 e. The van der Waals surface area contributed by atoms with Gasteiger partial charge in [0.25, 0.3) is 0 Å². The van der Waals surface area contributed by atoms with E-state index in [4.69, 9.17) is 0 Å². The summed E-state index contributed by atoms with van der Waals surface area (Å²) in [6.07, 6.45) is 4.69. The Kier molecular flexibility index (Phi) is 5.23. The number of benzene rings is 2. The standard InChI is InChI=1S/C22H21B/c23-22-16-14-21(15-17-22)13-12-20-10-8-19(9-11-20)7-6-18-4-2-1-3-5-18/h1-5,14-17,19-20H,8-11,23H2. The first kappa shape index (κ1) is 15.5. The number of hydrogen-bond acceptors (Lipinski definition) is 0. The second-order valence-corrected chi connectivity index (χ2v) is 6.32. The van der Waals surface area contributed by atoms with Crippen LogP contribution < -0.4 is 5.46 Å². The molecule has 23 heavy (non-hydrogen) atoms. The van der Waals surface area contributed by atoms with Gasteiger partial charge in [-0.2, -0.15) is 0 Å². The van der Waals surface area contributed by atoms with Crippen molar-refractivity contribution < 1.29 is 0 Å². The summed E-state index contributed by atoms with van der Waals surface area (Å²) in [4.78, 5) is 0. The molecule has 3 rings (SSSR count). The highest BCUT2D eigenvalue weighted by Gasteiger charge is 2.18. The summed E-state index contributed by atoms with van der Waals surface area (Å²) in [6, 6.07) is 18.7. The first-order chi connectivity index (χ1) is 11.3. The molecule has 1 saturated carbocycles. The topological polar surface area (TPSA) is 0 Å². The predicted octanol–water partition coefficient (Wildman–Crippen LogP) is 3.15. The lowest BCUT2D eigenvalue weighted by atomic mass is 9.82. The Morgan fingerprint density at radius 1 is 0.652 bits per heavy atom. The molecule has 0 unspecified atom stereocenters. The van der Waals surface area contributed by atoms with Gasteiger partial charge in [-0.3, -0.25) is 0 Å². The Morgan fingerprint density at radius 2 is 1.13 bits per heavy atom. The Hall–Kier alpha value is -2.38. The van der Waals surface area contributed by atoms with Crippen LogP contribution >= 0.6 is 0 Å². The van der Waals surface area contributed by atoms with Crippen molar-refractivity contribution in [2.24, 2.45) is 11.8 Å². The van der Waals surface area contributed by atoms with E-state index in [0.29, 0.717) is 11.8 Å². The minimum atomic E-state index is 0.533. The van der Waals surface area contributed by atoms with Crippen molar-refractivity contribution >= 4 is 13.3 Å². The first-order valence-corrected chi connectivity index (χ1v) is 8.44. The van der Waals surface area contributed by atoms with Crippen LogP contribution in [0.4, 0.5) is 0 Å². The van der Waals surface area contributed by atoms with Gasteiger partial charge in [-0.05, 0) is 49.9 Å². The molecule has 0 atom stereocenters. The fourth-order valence-corrected chi connectivity index (χ4v) is 2.91. The third-order valence-electron chi connectivity index (χ3n) is 4.39. The molecule has 0 bridgehead atoms. The van der Waals surface area contributed by atoms with E-state index in [1.165, 1.54) is 31.1 Å². The van der Waals surface area contributed by atoms with E-state index < -0.39 is 0 Å². The molecule has 0 aromatic heterocycles. The van der Waals surface area contributed by atoms with E-state index in [0.717, 1.165) is 11.1 Å². The van der Waals surface area contributed by atoms with Gasteiger partial charge in [0.1, 0.15) is 7.85 Å². The number of hydrogen-bond donors (Lipinski definition) is 0. The Morgan fingerprint density at radius 3 is 1.65 bits per heavy atom. The molecule has 0 spiro atoms. The molecule has 112 valence electrons. The first-order valence-electron chi connectivity index (χ1n) is 8.44. The van der Waals surface area contributed by atoms with Crippen LogP contribution in [-0.4, -0.2) is 7.85 Å². The Bertz CT molecular complexity index is 743. The molecule has 0 radical (unpaired) electrons. The SMILES string of the molecule is Bc1ccc(C#CC2CCC(C#Cc3ccccc3)CC2)cc1. The normalized spacial score (nSPS) is 19.8. The Balaban J connectivity index is 1.53. The minimum Gasteiger partial charge on any atom is -0.0945 e. The van der Waals surface area contributed by atoms with E-state index in [-0.39, 0.29) is 0 Å². The van der Waals surface area contributed by atoms with E-state index >= 15 is 0 Å². The van der Waals surface area contributed by atoms with Crippen molar-refractivity contribution in [2.75, 3.05) is 0 Å². The van der Waals surface area contributed by atoms with Gasteiger partial charge in [0.05, 0.1) is 0 Å². The van der Waals surface area contributed by atoms with Crippen molar-refractivity contribution in [2.45, 2.75) is 25.7 Å². The van der Waals surface area contributed by atoms with Gasteiger partial charge in [0, 0.05) is 23.0 Å². The molecular formula is C22H21B. The monoisotopic (exact) mass is 296 g/mol. The smallest absolute Gasteiger partial charge is 0.0945 e. The van der Waals surface area contributed by atoms with E-state index in [1.54, 1.807) is 0 Å². The molecule has 1 aliphatic carbocycles. The summed E-state index contributed by atoms with van der Waals surface area (Å²) in [7, 11) is 2.11. The van der Waals surface area contributed by atoms with Gasteiger partial charge in [-0.1, -0.05) is 59.5 Å². The third-order valence-corrected chi connectivity index (χ3v) is 4.39. The van der Waals surface area contributed by atoms with E-state index in [2.05, 4.69) is 67.9 Å². The predicted molar refractivity (Wildman–Crippen MR) is 100 cm³/mol. The average molecular weight is 296 g/mol. The summed E-state index contributed by atoms with van der Waals surface area (Å²) >= 11 is 0. The zero-order chi connectivity index (χ0) is 15.9. The average Bonchev–Trinajstić information content (AvgIpc) is 2.61. The highest BCUT2D eigenvalue weighted by molar-refractivity contribution is 6.32. The molecule has 2 aromatic rings. The lowest BCUT2D eigenvalue weighted by Crippen LogP contribution is -2.12. The van der Waals surface area contributed by atoms with Gasteiger partial charge < -0.3 is 0 Å². The molecule has 0 N–H and O–H groups in total. The van der Waals surface area contributed by atoms with Gasteiger partial charge >= 0.3 is 0 Å². The van der Waals surface area contributed by atoms with Gasteiger partial charge in [0.15, 0.2) is 0 Å². The molecule has 2 aromatic carbocycles. The molecule has 1 fully saturated rings. The molecule has 0 amide bonds. The molecule has 0 nitrogen and oxygen atoms in total. The van der Waals surface area contributed by atoms with Crippen LogP contribution in [0, 0.1) is 35.5 Å². The van der Waals surface area contributed by atoms with Crippen molar-refractivity contribution in [3.05, 3.63) is 65.7 Å². The number of rotatable bonds is 0. The van der Waals surface area contributed by atoms with Crippen LogP contribution in [0.25, 0.3) is 0 Å². The van der Waals surface area contributed by atoms with Crippen molar-refractivity contribution in [1.82, 2.24) is 0 Å². The maximum atomic E-state index is 3.45. The summed E-state index contributed by atoms with van der Waals surface area (Å²) in [5, 5.41) is 0. The highest BCUT2D eigenvalue weighted by atomic mass is 14.2. The zero-order valence-corrected chi connectivity index (χ0v) is 13.7. The van der Waals surface area contributed by atoms with Gasteiger partial charge in [0.2, 0.25) is 0 Å². The molecule has 1 aliphatic rings. The summed E-state index contributed by atoms with van der Waals surface area (Å²) < 4.78 is 0. The minimum absolute atomic E-state index is 0.533. The molecule has 0 heterocycles. The van der Waals surface area contributed by atoms with Crippen LogP contribution in [0.2, 0.25) is 0 Å². The zero-order valence-electron chi connectivity index (χ0n) is 13.7. The summed E-state index contributed by atoms with van der Waals surface area (Å²) in [6.45, 7) is 0. The molecule has 0 saturated heterocycles. The van der Waals surface area contributed by atoms with Crippen molar-refractivity contribution in [3.63, 3.8) is 0 Å². The molecular weight excluding hydrogens is 275 g/mol. The summed E-state index contributed by atoms with van der Waals surface area (Å²) in [5.41, 5.74) is 3.53. The third kappa shape index (κ3) is 4.80. The van der Waals surface area contributed by atoms with Crippen LogP contribution in [0.1, 0.15) is 36.8 Å². The lowest BCUT2D eigenvalue weighted by Gasteiger charge is -2.21. The van der Waals surface area contributed by atoms with Gasteiger partial charge in [-0.15, -0.1) is 0 Å². The van der Waals surface area contributed by atoms with Crippen molar-refractivity contribution in [1.29, 1.82) is 0 Å². The van der Waals surface area contributed by atoms with Crippen LogP contribution in [-0.2, 0) is 0 Å².